The number of thiophene rings is 1. The fraction of sp³-hybridized carbons (Fsp3) is 0.333. The summed E-state index contributed by atoms with van der Waals surface area (Å²) in [6.45, 7) is 5.92. The van der Waals surface area contributed by atoms with Crippen molar-refractivity contribution in [2.75, 3.05) is 7.05 Å². The Hall–Kier alpha value is -2.80. The van der Waals surface area contributed by atoms with Gasteiger partial charge in [0.15, 0.2) is 5.78 Å². The Bertz CT molecular complexity index is 961. The van der Waals surface area contributed by atoms with Gasteiger partial charge in [-0.2, -0.15) is 5.10 Å². The number of hydrogen-bond donors (Lipinski definition) is 0. The first-order valence-electron chi connectivity index (χ1n) is 9.17. The average Bonchev–Trinajstić information content (AvgIpc) is 3.34. The lowest BCUT2D eigenvalue weighted by Crippen LogP contribution is -2.29. The molecule has 0 spiro atoms. The molecule has 0 aliphatic rings. The monoisotopic (exact) mass is 396 g/mol. The van der Waals surface area contributed by atoms with Crippen molar-refractivity contribution in [3.05, 3.63) is 63.9 Å². The van der Waals surface area contributed by atoms with Crippen LogP contribution >= 0.6 is 11.3 Å². The van der Waals surface area contributed by atoms with Gasteiger partial charge in [0.05, 0.1) is 11.7 Å². The van der Waals surface area contributed by atoms with Crippen LogP contribution in [0.1, 0.15) is 51.5 Å². The molecule has 3 aromatic rings. The van der Waals surface area contributed by atoms with Gasteiger partial charge in [0.2, 0.25) is 5.91 Å². The molecule has 2 heterocycles. The first-order chi connectivity index (χ1) is 13.4. The van der Waals surface area contributed by atoms with Crippen molar-refractivity contribution in [3.8, 4) is 5.69 Å². The van der Waals surface area contributed by atoms with Gasteiger partial charge in [-0.1, -0.05) is 12.1 Å². The van der Waals surface area contributed by atoms with Gasteiger partial charge >= 0.3 is 0 Å². The van der Waals surface area contributed by atoms with E-state index in [1.165, 1.54) is 6.33 Å². The molecule has 0 aliphatic heterocycles. The summed E-state index contributed by atoms with van der Waals surface area (Å²) in [5, 5.41) is 4.11. The first-order valence-corrected chi connectivity index (χ1v) is 9.99. The molecule has 0 bridgehead atoms. The highest BCUT2D eigenvalue weighted by Crippen LogP contribution is 2.24. The van der Waals surface area contributed by atoms with Crippen molar-refractivity contribution < 1.29 is 9.59 Å². The first kappa shape index (κ1) is 19.9. The molecule has 146 valence electrons. The van der Waals surface area contributed by atoms with Crippen LogP contribution in [-0.2, 0) is 4.79 Å². The summed E-state index contributed by atoms with van der Waals surface area (Å²) >= 11 is 1.61. The third kappa shape index (κ3) is 4.36. The highest BCUT2D eigenvalue weighted by molar-refractivity contribution is 7.12. The number of hydrogen-bond acceptors (Lipinski definition) is 5. The van der Waals surface area contributed by atoms with E-state index < -0.39 is 0 Å². The van der Waals surface area contributed by atoms with E-state index in [9.17, 15) is 9.59 Å². The van der Waals surface area contributed by atoms with E-state index in [1.54, 1.807) is 34.3 Å². The largest absolute Gasteiger partial charge is 0.339 e. The summed E-state index contributed by atoms with van der Waals surface area (Å²) in [6.07, 6.45) is 3.58. The number of Topliss-reactive ketones (excluding diaryl/α,β-unsaturated/α-hetero) is 1. The van der Waals surface area contributed by atoms with Gasteiger partial charge in [-0.05, 0) is 44.5 Å². The van der Waals surface area contributed by atoms with Gasteiger partial charge in [0, 0.05) is 35.2 Å². The predicted octanol–water partition coefficient (Wildman–Crippen LogP) is 4.13. The number of ketones is 1. The highest BCUT2D eigenvalue weighted by atomic mass is 32.1. The normalized spacial score (nSPS) is 12.0. The molecule has 28 heavy (non-hydrogen) atoms. The number of carbonyl (C=O) groups excluding carboxylic acids is 2. The van der Waals surface area contributed by atoms with Crippen LogP contribution in [0.3, 0.4) is 0 Å². The van der Waals surface area contributed by atoms with E-state index in [1.807, 2.05) is 51.1 Å². The molecule has 6 nitrogen and oxygen atoms in total. The van der Waals surface area contributed by atoms with Gasteiger partial charge in [-0.3, -0.25) is 9.59 Å². The Kier molecular flexibility index (Phi) is 6.04. The molecule has 0 radical (unpaired) electrons. The van der Waals surface area contributed by atoms with E-state index >= 15 is 0 Å². The number of rotatable bonds is 7. The molecule has 1 aromatic carbocycles. The fourth-order valence-corrected chi connectivity index (χ4v) is 4.07. The van der Waals surface area contributed by atoms with Crippen LogP contribution in [-0.4, -0.2) is 38.4 Å². The number of aryl methyl sites for hydroxylation is 2. The second-order valence-corrected chi connectivity index (χ2v) is 8.32. The SMILES string of the molecule is Cc1cc(C(=O)CCC(=O)N(C)[C@@H](C)c2ccc(-n3cncn3)cc2)c(C)s1. The van der Waals surface area contributed by atoms with E-state index in [-0.39, 0.29) is 30.6 Å². The van der Waals surface area contributed by atoms with Crippen molar-refractivity contribution >= 4 is 23.0 Å². The zero-order chi connectivity index (χ0) is 20.3. The van der Waals surface area contributed by atoms with Crippen LogP contribution < -0.4 is 0 Å². The predicted molar refractivity (Wildman–Crippen MR) is 110 cm³/mol. The van der Waals surface area contributed by atoms with Crippen LogP contribution in [0.2, 0.25) is 0 Å². The van der Waals surface area contributed by atoms with Gasteiger partial charge in [-0.25, -0.2) is 9.67 Å². The molecule has 0 saturated heterocycles. The molecule has 0 aliphatic carbocycles. The molecule has 0 N–H and O–H groups in total. The average molecular weight is 397 g/mol. The molecule has 0 unspecified atom stereocenters. The smallest absolute Gasteiger partial charge is 0.223 e. The Balaban J connectivity index is 1.59. The van der Waals surface area contributed by atoms with Gasteiger partial charge in [0.25, 0.3) is 0 Å². The molecule has 1 atom stereocenters. The van der Waals surface area contributed by atoms with E-state index in [4.69, 9.17) is 0 Å². The molecule has 1 amide bonds. The Morgan fingerprint density at radius 2 is 1.89 bits per heavy atom. The van der Waals surface area contributed by atoms with E-state index in [2.05, 4.69) is 10.1 Å². The maximum absolute atomic E-state index is 12.6. The van der Waals surface area contributed by atoms with Gasteiger partial charge < -0.3 is 4.90 Å². The molecule has 2 aromatic heterocycles. The zero-order valence-electron chi connectivity index (χ0n) is 16.5. The number of carbonyl (C=O) groups is 2. The third-order valence-corrected chi connectivity index (χ3v) is 5.91. The highest BCUT2D eigenvalue weighted by Gasteiger charge is 2.20. The van der Waals surface area contributed by atoms with Crippen LogP contribution in [0.25, 0.3) is 5.69 Å². The topological polar surface area (TPSA) is 68.1 Å². The lowest BCUT2D eigenvalue weighted by molar-refractivity contribution is -0.131. The minimum Gasteiger partial charge on any atom is -0.339 e. The summed E-state index contributed by atoms with van der Waals surface area (Å²) in [4.78, 5) is 32.8. The van der Waals surface area contributed by atoms with Gasteiger partial charge in [-0.15, -0.1) is 11.3 Å². The van der Waals surface area contributed by atoms with Crippen molar-refractivity contribution in [1.29, 1.82) is 0 Å². The second-order valence-electron chi connectivity index (χ2n) is 6.86. The standard InChI is InChI=1S/C21H24N4O2S/c1-14-11-19(16(3)28-14)20(26)9-10-21(27)24(4)15(2)17-5-7-18(8-6-17)25-13-22-12-23-25/h5-8,11-13,15H,9-10H2,1-4H3/t15-/m0/s1. The minimum absolute atomic E-state index is 0.0356. The second kappa shape index (κ2) is 8.48. The Morgan fingerprint density at radius 3 is 2.46 bits per heavy atom. The van der Waals surface area contributed by atoms with Crippen LogP contribution in [0.4, 0.5) is 0 Å². The fourth-order valence-electron chi connectivity index (χ4n) is 3.13. The lowest BCUT2D eigenvalue weighted by atomic mass is 10.0. The van der Waals surface area contributed by atoms with Crippen molar-refractivity contribution in [2.45, 2.75) is 39.7 Å². The number of aromatic nitrogens is 3. The lowest BCUT2D eigenvalue weighted by Gasteiger charge is -2.25. The third-order valence-electron chi connectivity index (χ3n) is 4.94. The van der Waals surface area contributed by atoms with Gasteiger partial charge in [0.1, 0.15) is 12.7 Å². The summed E-state index contributed by atoms with van der Waals surface area (Å²) in [6, 6.07) is 9.68. The maximum Gasteiger partial charge on any atom is 0.223 e. The Labute approximate surface area is 168 Å². The molecular formula is C21H24N4O2S. The summed E-state index contributed by atoms with van der Waals surface area (Å²) in [5.74, 6) is -0.000699. The minimum atomic E-state index is -0.0856. The molecular weight excluding hydrogens is 372 g/mol. The zero-order valence-corrected chi connectivity index (χ0v) is 17.4. The van der Waals surface area contributed by atoms with Crippen LogP contribution in [0, 0.1) is 13.8 Å². The molecule has 0 fully saturated rings. The Morgan fingerprint density at radius 1 is 1.18 bits per heavy atom. The quantitative estimate of drug-likeness (QED) is 0.563. The number of benzene rings is 1. The van der Waals surface area contributed by atoms with Crippen molar-refractivity contribution in [1.82, 2.24) is 19.7 Å². The van der Waals surface area contributed by atoms with Crippen LogP contribution in [0.5, 0.6) is 0 Å². The van der Waals surface area contributed by atoms with E-state index in [0.717, 1.165) is 26.6 Å². The number of amides is 1. The van der Waals surface area contributed by atoms with E-state index in [0.29, 0.717) is 0 Å². The summed E-state index contributed by atoms with van der Waals surface area (Å²) < 4.78 is 1.68. The van der Waals surface area contributed by atoms with Crippen molar-refractivity contribution in [2.24, 2.45) is 0 Å². The molecule has 3 rings (SSSR count). The molecule has 0 saturated carbocycles. The number of nitrogens with zero attached hydrogens (tertiary/aromatic N) is 4. The van der Waals surface area contributed by atoms with Crippen molar-refractivity contribution in [3.63, 3.8) is 0 Å². The summed E-state index contributed by atoms with van der Waals surface area (Å²) in [5.41, 5.74) is 2.68. The maximum atomic E-state index is 12.6. The molecule has 7 heteroatoms. The summed E-state index contributed by atoms with van der Waals surface area (Å²) in [7, 11) is 1.78. The van der Waals surface area contributed by atoms with Crippen LogP contribution in [0.15, 0.2) is 43.0 Å².